The van der Waals surface area contributed by atoms with E-state index >= 15 is 0 Å². The summed E-state index contributed by atoms with van der Waals surface area (Å²) in [6.45, 7) is 2.09. The average Bonchev–Trinajstić information content (AvgIpc) is 2.72. The van der Waals surface area contributed by atoms with Crippen molar-refractivity contribution in [1.29, 1.82) is 0 Å². The van der Waals surface area contributed by atoms with Crippen molar-refractivity contribution in [1.82, 2.24) is 5.32 Å². The van der Waals surface area contributed by atoms with Gasteiger partial charge in [-0.15, -0.1) is 0 Å². The zero-order valence-electron chi connectivity index (χ0n) is 16.5. The van der Waals surface area contributed by atoms with E-state index in [0.29, 0.717) is 24.2 Å². The molecule has 0 aliphatic rings. The normalized spacial score (nSPS) is 11.6. The van der Waals surface area contributed by atoms with Crippen molar-refractivity contribution in [3.05, 3.63) is 101 Å². The number of carbonyl (C=O) groups excluding carboxylic acids is 2. The molecule has 6 heteroatoms. The van der Waals surface area contributed by atoms with E-state index in [-0.39, 0.29) is 23.5 Å². The first-order valence-electron chi connectivity index (χ1n) is 9.59. The highest BCUT2D eigenvalue weighted by molar-refractivity contribution is 6.04. The molecule has 0 aliphatic carbocycles. The third kappa shape index (κ3) is 5.98. The molecule has 0 aliphatic heterocycles. The molecule has 0 saturated carbocycles. The molecule has 3 rings (SSSR count). The summed E-state index contributed by atoms with van der Waals surface area (Å²) in [5.74, 6) is -1.52. The van der Waals surface area contributed by atoms with Crippen molar-refractivity contribution in [3.63, 3.8) is 0 Å². The first-order chi connectivity index (χ1) is 14.4. The van der Waals surface area contributed by atoms with Gasteiger partial charge in [0.25, 0.3) is 5.91 Å². The fraction of sp³-hybridized carbons (Fsp3) is 0.167. The van der Waals surface area contributed by atoms with Crippen molar-refractivity contribution in [2.45, 2.75) is 19.9 Å². The van der Waals surface area contributed by atoms with Crippen LogP contribution in [0.2, 0.25) is 0 Å². The zero-order valence-corrected chi connectivity index (χ0v) is 16.5. The van der Waals surface area contributed by atoms with Crippen LogP contribution in [0.15, 0.2) is 72.8 Å². The largest absolute Gasteiger partial charge is 0.352 e. The predicted octanol–water partition coefficient (Wildman–Crippen LogP) is 4.71. The molecule has 0 bridgehead atoms. The Labute approximate surface area is 173 Å². The molecule has 0 aromatic heterocycles. The van der Waals surface area contributed by atoms with Crippen LogP contribution in [0, 0.1) is 17.6 Å². The molecule has 0 spiro atoms. The molecule has 1 unspecified atom stereocenters. The van der Waals surface area contributed by atoms with Crippen LogP contribution in [-0.4, -0.2) is 11.8 Å². The summed E-state index contributed by atoms with van der Waals surface area (Å²) >= 11 is 0. The molecule has 3 aromatic rings. The van der Waals surface area contributed by atoms with Crippen molar-refractivity contribution in [2.24, 2.45) is 5.92 Å². The fourth-order valence-electron chi connectivity index (χ4n) is 3.04. The number of carbonyl (C=O) groups is 2. The van der Waals surface area contributed by atoms with Gasteiger partial charge in [0.1, 0.15) is 11.6 Å². The molecule has 4 nitrogen and oxygen atoms in total. The zero-order chi connectivity index (χ0) is 21.5. The second-order valence-electron chi connectivity index (χ2n) is 7.11. The Morgan fingerprint density at radius 2 is 1.57 bits per heavy atom. The van der Waals surface area contributed by atoms with E-state index in [0.717, 1.165) is 11.1 Å². The van der Waals surface area contributed by atoms with Gasteiger partial charge in [0, 0.05) is 23.7 Å². The van der Waals surface area contributed by atoms with Gasteiger partial charge in [-0.1, -0.05) is 31.2 Å². The van der Waals surface area contributed by atoms with Gasteiger partial charge < -0.3 is 10.6 Å². The van der Waals surface area contributed by atoms with E-state index in [4.69, 9.17) is 0 Å². The number of anilines is 1. The van der Waals surface area contributed by atoms with Crippen molar-refractivity contribution < 1.29 is 18.4 Å². The quantitative estimate of drug-likeness (QED) is 0.595. The van der Waals surface area contributed by atoms with Crippen LogP contribution in [0.4, 0.5) is 14.5 Å². The Balaban J connectivity index is 1.55. The monoisotopic (exact) mass is 408 g/mol. The van der Waals surface area contributed by atoms with Gasteiger partial charge in [-0.25, -0.2) is 8.78 Å². The lowest BCUT2D eigenvalue weighted by molar-refractivity contribution is -0.124. The van der Waals surface area contributed by atoms with Gasteiger partial charge in [0.05, 0.1) is 0 Å². The molecule has 2 N–H and O–H groups in total. The van der Waals surface area contributed by atoms with E-state index < -0.39 is 5.82 Å². The molecule has 3 aromatic carbocycles. The second kappa shape index (κ2) is 9.78. The van der Waals surface area contributed by atoms with Crippen LogP contribution >= 0.6 is 0 Å². The topological polar surface area (TPSA) is 58.2 Å². The minimum absolute atomic E-state index is 0.139. The van der Waals surface area contributed by atoms with Crippen LogP contribution < -0.4 is 10.6 Å². The highest BCUT2D eigenvalue weighted by Gasteiger charge is 2.14. The summed E-state index contributed by atoms with van der Waals surface area (Å²) in [6.07, 6.45) is 0.442. The molecule has 0 heterocycles. The lowest BCUT2D eigenvalue weighted by Crippen LogP contribution is -2.29. The minimum atomic E-state index is -0.407. The summed E-state index contributed by atoms with van der Waals surface area (Å²) in [5, 5.41) is 5.62. The van der Waals surface area contributed by atoms with Crippen molar-refractivity contribution in [3.8, 4) is 0 Å². The number of halogens is 2. The first-order valence-corrected chi connectivity index (χ1v) is 9.59. The highest BCUT2D eigenvalue weighted by Crippen LogP contribution is 2.14. The maximum Gasteiger partial charge on any atom is 0.255 e. The number of amides is 2. The van der Waals surface area contributed by atoms with Crippen molar-refractivity contribution in [2.75, 3.05) is 5.32 Å². The fourth-order valence-corrected chi connectivity index (χ4v) is 3.04. The van der Waals surface area contributed by atoms with Crippen LogP contribution in [0.5, 0.6) is 0 Å². The third-order valence-electron chi connectivity index (χ3n) is 4.64. The molecule has 2 amide bonds. The summed E-state index contributed by atoms with van der Waals surface area (Å²) in [6, 6.07) is 18.6. The molecule has 1 atom stereocenters. The third-order valence-corrected chi connectivity index (χ3v) is 4.64. The number of benzene rings is 3. The van der Waals surface area contributed by atoms with E-state index in [2.05, 4.69) is 10.6 Å². The van der Waals surface area contributed by atoms with E-state index in [1.165, 1.54) is 36.4 Å². The summed E-state index contributed by atoms with van der Waals surface area (Å²) in [4.78, 5) is 24.6. The molecule has 30 heavy (non-hydrogen) atoms. The molecule has 0 saturated heterocycles. The van der Waals surface area contributed by atoms with Crippen LogP contribution in [-0.2, 0) is 17.8 Å². The van der Waals surface area contributed by atoms with Gasteiger partial charge >= 0.3 is 0 Å². The van der Waals surface area contributed by atoms with E-state index in [1.807, 2.05) is 6.07 Å². The van der Waals surface area contributed by atoms with Gasteiger partial charge in [0.2, 0.25) is 5.91 Å². The summed E-state index contributed by atoms with van der Waals surface area (Å²) in [5.41, 5.74) is 2.51. The average molecular weight is 408 g/mol. The first kappa shape index (κ1) is 21.2. The van der Waals surface area contributed by atoms with Crippen LogP contribution in [0.3, 0.4) is 0 Å². The Morgan fingerprint density at radius 3 is 2.30 bits per heavy atom. The lowest BCUT2D eigenvalue weighted by atomic mass is 10.00. The molecule has 154 valence electrons. The van der Waals surface area contributed by atoms with Crippen LogP contribution in [0.1, 0.15) is 28.4 Å². The Morgan fingerprint density at radius 1 is 0.867 bits per heavy atom. The maximum absolute atomic E-state index is 13.3. The Bertz CT molecular complexity index is 1040. The molecule has 0 fully saturated rings. The summed E-state index contributed by atoms with van der Waals surface area (Å²) in [7, 11) is 0. The van der Waals surface area contributed by atoms with Crippen LogP contribution in [0.25, 0.3) is 0 Å². The Kier molecular flexibility index (Phi) is 6.91. The molecule has 0 radical (unpaired) electrons. The smallest absolute Gasteiger partial charge is 0.255 e. The number of rotatable bonds is 7. The second-order valence-corrected chi connectivity index (χ2v) is 7.11. The van der Waals surface area contributed by atoms with Crippen molar-refractivity contribution >= 4 is 17.5 Å². The maximum atomic E-state index is 13.3. The lowest BCUT2D eigenvalue weighted by Gasteiger charge is -2.13. The standard InChI is InChI=1S/C24H22F2N2O2/c1-16(12-17-4-2-6-21(26)13-17)23(29)27-15-18-5-3-7-22(14-18)28-24(30)19-8-10-20(25)11-9-19/h2-11,13-14,16H,12,15H2,1H3,(H,27,29)(H,28,30). The SMILES string of the molecule is CC(Cc1cccc(F)c1)C(=O)NCc1cccc(NC(=O)c2ccc(F)cc2)c1. The Hall–Kier alpha value is -3.54. The number of hydrogen-bond acceptors (Lipinski definition) is 2. The van der Waals surface area contributed by atoms with E-state index in [9.17, 15) is 18.4 Å². The molecular weight excluding hydrogens is 386 g/mol. The number of hydrogen-bond donors (Lipinski definition) is 2. The molecular formula is C24H22F2N2O2. The van der Waals surface area contributed by atoms with Gasteiger partial charge in [0.15, 0.2) is 0 Å². The highest BCUT2D eigenvalue weighted by atomic mass is 19.1. The van der Waals surface area contributed by atoms with Gasteiger partial charge in [-0.2, -0.15) is 0 Å². The minimum Gasteiger partial charge on any atom is -0.352 e. The van der Waals surface area contributed by atoms with E-state index in [1.54, 1.807) is 37.3 Å². The summed E-state index contributed by atoms with van der Waals surface area (Å²) < 4.78 is 26.3. The van der Waals surface area contributed by atoms with Gasteiger partial charge in [-0.05, 0) is 66.1 Å². The predicted molar refractivity (Wildman–Crippen MR) is 112 cm³/mol. The number of nitrogens with one attached hydrogen (secondary N) is 2. The van der Waals surface area contributed by atoms with Gasteiger partial charge in [-0.3, -0.25) is 9.59 Å².